The summed E-state index contributed by atoms with van der Waals surface area (Å²) in [6.45, 7) is 3.43. The van der Waals surface area contributed by atoms with Crippen LogP contribution in [-0.4, -0.2) is 32.1 Å². The number of hydrogen-bond acceptors (Lipinski definition) is 2. The molecular formula is C11H21F4NO. The van der Waals surface area contributed by atoms with Crippen molar-refractivity contribution in [1.29, 1.82) is 0 Å². The van der Waals surface area contributed by atoms with Gasteiger partial charge in [-0.15, -0.1) is 0 Å². The Hall–Kier alpha value is -0.360. The van der Waals surface area contributed by atoms with Crippen molar-refractivity contribution in [2.45, 2.75) is 45.5 Å². The van der Waals surface area contributed by atoms with Gasteiger partial charge in [0.15, 0.2) is 0 Å². The summed E-state index contributed by atoms with van der Waals surface area (Å²) >= 11 is 0. The van der Waals surface area contributed by atoms with E-state index in [9.17, 15) is 17.6 Å². The van der Waals surface area contributed by atoms with Gasteiger partial charge in [0.05, 0.1) is 0 Å². The summed E-state index contributed by atoms with van der Waals surface area (Å²) in [4.78, 5) is 0. The molecule has 0 aromatic heterocycles. The van der Waals surface area contributed by atoms with Gasteiger partial charge in [0.1, 0.15) is 6.61 Å². The summed E-state index contributed by atoms with van der Waals surface area (Å²) in [6, 6.07) is 0. The van der Waals surface area contributed by atoms with Crippen LogP contribution in [0.3, 0.4) is 0 Å². The number of hydrogen-bond donors (Lipinski definition) is 1. The van der Waals surface area contributed by atoms with Crippen LogP contribution in [0.2, 0.25) is 0 Å². The summed E-state index contributed by atoms with van der Waals surface area (Å²) in [5.74, 6) is -4.05. The van der Waals surface area contributed by atoms with E-state index in [0.717, 1.165) is 12.8 Å². The Morgan fingerprint density at radius 2 is 1.76 bits per heavy atom. The minimum Gasteiger partial charge on any atom is -0.375 e. The molecule has 0 saturated carbocycles. The topological polar surface area (TPSA) is 35.2 Å². The zero-order valence-corrected chi connectivity index (χ0v) is 10.3. The summed E-state index contributed by atoms with van der Waals surface area (Å²) in [5.41, 5.74) is 5.54. The second-order valence-corrected chi connectivity index (χ2v) is 4.94. The van der Waals surface area contributed by atoms with Crippen molar-refractivity contribution in [3.8, 4) is 0 Å². The fourth-order valence-electron chi connectivity index (χ4n) is 1.18. The maximum Gasteiger partial charge on any atom is 0.330 e. The van der Waals surface area contributed by atoms with E-state index in [2.05, 4.69) is 4.74 Å². The molecule has 0 amide bonds. The van der Waals surface area contributed by atoms with Crippen molar-refractivity contribution in [2.24, 2.45) is 11.1 Å². The van der Waals surface area contributed by atoms with Crippen molar-refractivity contribution in [3.63, 3.8) is 0 Å². The third kappa shape index (κ3) is 7.54. The van der Waals surface area contributed by atoms with E-state index < -0.39 is 19.0 Å². The van der Waals surface area contributed by atoms with Gasteiger partial charge in [-0.2, -0.15) is 8.78 Å². The van der Waals surface area contributed by atoms with Crippen LogP contribution in [0.1, 0.15) is 33.1 Å². The zero-order valence-electron chi connectivity index (χ0n) is 10.3. The number of ether oxygens (including phenoxy) is 1. The Morgan fingerprint density at radius 3 is 2.24 bits per heavy atom. The average molecular weight is 259 g/mol. The second kappa shape index (κ2) is 7.16. The largest absolute Gasteiger partial charge is 0.375 e. The number of rotatable bonds is 9. The van der Waals surface area contributed by atoms with Crippen molar-refractivity contribution in [3.05, 3.63) is 0 Å². The van der Waals surface area contributed by atoms with Gasteiger partial charge in [0.2, 0.25) is 0 Å². The molecule has 0 aliphatic heterocycles. The van der Waals surface area contributed by atoms with Crippen molar-refractivity contribution >= 4 is 0 Å². The lowest BCUT2D eigenvalue weighted by molar-refractivity contribution is -0.166. The minimum atomic E-state index is -4.05. The highest BCUT2D eigenvalue weighted by atomic mass is 19.3. The van der Waals surface area contributed by atoms with Crippen molar-refractivity contribution in [1.82, 2.24) is 0 Å². The van der Waals surface area contributed by atoms with E-state index >= 15 is 0 Å². The molecule has 17 heavy (non-hydrogen) atoms. The first-order chi connectivity index (χ1) is 7.71. The summed E-state index contributed by atoms with van der Waals surface area (Å²) < 4.78 is 52.9. The third-order valence-electron chi connectivity index (χ3n) is 2.56. The molecule has 104 valence electrons. The van der Waals surface area contributed by atoms with E-state index in [1.54, 1.807) is 0 Å². The molecular weight excluding hydrogens is 238 g/mol. The molecule has 0 radical (unpaired) electrons. The smallest absolute Gasteiger partial charge is 0.330 e. The van der Waals surface area contributed by atoms with E-state index in [1.807, 2.05) is 13.8 Å². The minimum absolute atomic E-state index is 0.0207. The van der Waals surface area contributed by atoms with Gasteiger partial charge in [-0.1, -0.05) is 20.3 Å². The predicted octanol–water partition coefficient (Wildman–Crippen LogP) is 3.06. The van der Waals surface area contributed by atoms with Gasteiger partial charge in [0.25, 0.3) is 0 Å². The number of halogens is 4. The molecule has 0 rings (SSSR count). The molecule has 0 bridgehead atoms. The van der Waals surface area contributed by atoms with Gasteiger partial charge < -0.3 is 10.5 Å². The van der Waals surface area contributed by atoms with Gasteiger partial charge in [-0.3, -0.25) is 0 Å². The molecule has 0 aliphatic carbocycles. The fraction of sp³-hybridized carbons (Fsp3) is 1.00. The van der Waals surface area contributed by atoms with Crippen LogP contribution in [0, 0.1) is 5.41 Å². The molecule has 0 spiro atoms. The van der Waals surface area contributed by atoms with E-state index in [4.69, 9.17) is 5.73 Å². The summed E-state index contributed by atoms with van der Waals surface area (Å²) in [7, 11) is 0. The Balaban J connectivity index is 3.54. The highest BCUT2D eigenvalue weighted by molar-refractivity contribution is 4.69. The van der Waals surface area contributed by atoms with Crippen LogP contribution in [0.4, 0.5) is 17.6 Å². The molecule has 0 aromatic carbocycles. The monoisotopic (exact) mass is 259 g/mol. The summed E-state index contributed by atoms with van der Waals surface area (Å²) in [5, 5.41) is 0. The quantitative estimate of drug-likeness (QED) is 0.510. The van der Waals surface area contributed by atoms with Gasteiger partial charge in [-0.05, 0) is 24.8 Å². The van der Waals surface area contributed by atoms with E-state index in [0.29, 0.717) is 13.0 Å². The fourth-order valence-corrected chi connectivity index (χ4v) is 1.18. The van der Waals surface area contributed by atoms with Crippen molar-refractivity contribution < 1.29 is 22.3 Å². The first kappa shape index (κ1) is 16.6. The first-order valence-corrected chi connectivity index (χ1v) is 5.65. The van der Waals surface area contributed by atoms with Gasteiger partial charge in [0, 0.05) is 6.61 Å². The van der Waals surface area contributed by atoms with Crippen LogP contribution in [-0.2, 0) is 4.74 Å². The van der Waals surface area contributed by atoms with Crippen LogP contribution in [0.15, 0.2) is 0 Å². The number of unbranched alkanes of at least 4 members (excludes halogenated alkanes) is 1. The lowest BCUT2D eigenvalue weighted by atomic mass is 9.87. The van der Waals surface area contributed by atoms with Crippen LogP contribution >= 0.6 is 0 Å². The maximum atomic E-state index is 12.4. The number of alkyl halides is 4. The SMILES string of the molecule is CC(C)(CN)CCCCOCC(F)(F)C(F)F. The molecule has 0 unspecified atom stereocenters. The van der Waals surface area contributed by atoms with E-state index in [1.165, 1.54) is 0 Å². The predicted molar refractivity (Wildman–Crippen MR) is 58.5 cm³/mol. The van der Waals surface area contributed by atoms with Crippen LogP contribution < -0.4 is 5.73 Å². The third-order valence-corrected chi connectivity index (χ3v) is 2.56. The van der Waals surface area contributed by atoms with Crippen molar-refractivity contribution in [2.75, 3.05) is 19.8 Å². The Bertz CT molecular complexity index is 210. The molecule has 0 fully saturated rings. The first-order valence-electron chi connectivity index (χ1n) is 5.65. The molecule has 2 N–H and O–H groups in total. The molecule has 6 heteroatoms. The average Bonchev–Trinajstić information content (AvgIpc) is 2.23. The highest BCUT2D eigenvalue weighted by Crippen LogP contribution is 2.23. The Labute approximate surface area is 99.5 Å². The normalized spacial score (nSPS) is 13.4. The van der Waals surface area contributed by atoms with Crippen LogP contribution in [0.5, 0.6) is 0 Å². The maximum absolute atomic E-state index is 12.4. The summed E-state index contributed by atoms with van der Waals surface area (Å²) in [6.07, 6.45) is -1.45. The molecule has 0 heterocycles. The molecule has 2 nitrogen and oxygen atoms in total. The number of nitrogens with two attached hydrogens (primary N) is 1. The molecule has 0 aromatic rings. The van der Waals surface area contributed by atoms with Crippen LogP contribution in [0.25, 0.3) is 0 Å². The Kier molecular flexibility index (Phi) is 7.01. The van der Waals surface area contributed by atoms with Gasteiger partial charge in [-0.25, -0.2) is 8.78 Å². The zero-order chi connectivity index (χ0) is 13.5. The lowest BCUT2D eigenvalue weighted by Gasteiger charge is -2.22. The van der Waals surface area contributed by atoms with E-state index in [-0.39, 0.29) is 12.0 Å². The second-order valence-electron chi connectivity index (χ2n) is 4.94. The molecule has 0 saturated heterocycles. The standard InChI is InChI=1S/C11H21F4NO/c1-10(2,7-16)5-3-4-6-17-8-11(14,15)9(12)13/h9H,3-8,16H2,1-2H3. The lowest BCUT2D eigenvalue weighted by Crippen LogP contribution is -2.32. The van der Waals surface area contributed by atoms with Gasteiger partial charge >= 0.3 is 12.3 Å². The molecule has 0 aliphatic rings. The highest BCUT2D eigenvalue weighted by Gasteiger charge is 2.40. The Morgan fingerprint density at radius 1 is 1.18 bits per heavy atom. The molecule has 0 atom stereocenters.